The Labute approximate surface area is 143 Å². The highest BCUT2D eigenvalue weighted by atomic mass is 79.9. The van der Waals surface area contributed by atoms with Gasteiger partial charge in [0.25, 0.3) is 0 Å². The maximum atomic E-state index is 12.1. The van der Waals surface area contributed by atoms with Crippen molar-refractivity contribution >= 4 is 49.7 Å². The standard InChI is InChI=1S/C16H10Br2O4/c17-11-7-12(15(20)13(18)8-11)14(19)6-3-9-1-4-10(5-2-9)16(21)22/h1-8,20H,(H,21,22)/b6-3+. The molecule has 22 heavy (non-hydrogen) atoms. The smallest absolute Gasteiger partial charge is 0.335 e. The predicted molar refractivity (Wildman–Crippen MR) is 90.3 cm³/mol. The lowest BCUT2D eigenvalue weighted by Gasteiger charge is -2.04. The van der Waals surface area contributed by atoms with E-state index in [2.05, 4.69) is 31.9 Å². The molecular formula is C16H10Br2O4. The number of carbonyl (C=O) groups is 2. The highest BCUT2D eigenvalue weighted by Gasteiger charge is 2.12. The van der Waals surface area contributed by atoms with Gasteiger partial charge in [-0.05, 0) is 51.8 Å². The number of rotatable bonds is 4. The molecule has 0 atom stereocenters. The van der Waals surface area contributed by atoms with Crippen LogP contribution in [0.3, 0.4) is 0 Å². The number of phenols is 1. The number of carbonyl (C=O) groups excluding carboxylic acids is 1. The predicted octanol–water partition coefficient (Wildman–Crippen LogP) is 4.51. The first-order valence-electron chi connectivity index (χ1n) is 6.12. The van der Waals surface area contributed by atoms with E-state index in [1.54, 1.807) is 24.3 Å². The van der Waals surface area contributed by atoms with Crippen molar-refractivity contribution in [2.45, 2.75) is 0 Å². The molecule has 0 spiro atoms. The Kier molecular flexibility index (Phi) is 5.15. The molecule has 2 N–H and O–H groups in total. The number of aromatic carboxylic acids is 1. The normalized spacial score (nSPS) is 10.8. The summed E-state index contributed by atoms with van der Waals surface area (Å²) in [6, 6.07) is 9.29. The zero-order chi connectivity index (χ0) is 16.3. The van der Waals surface area contributed by atoms with Crippen LogP contribution in [0.4, 0.5) is 0 Å². The highest BCUT2D eigenvalue weighted by molar-refractivity contribution is 9.11. The maximum absolute atomic E-state index is 12.1. The topological polar surface area (TPSA) is 74.6 Å². The van der Waals surface area contributed by atoms with Gasteiger partial charge < -0.3 is 10.2 Å². The molecule has 0 aliphatic heterocycles. The highest BCUT2D eigenvalue weighted by Crippen LogP contribution is 2.32. The van der Waals surface area contributed by atoms with Gasteiger partial charge in [-0.2, -0.15) is 0 Å². The van der Waals surface area contributed by atoms with E-state index in [1.165, 1.54) is 24.3 Å². The van der Waals surface area contributed by atoms with Crippen LogP contribution in [-0.2, 0) is 0 Å². The van der Waals surface area contributed by atoms with Gasteiger partial charge in [0.05, 0.1) is 15.6 Å². The van der Waals surface area contributed by atoms with Crippen molar-refractivity contribution in [1.29, 1.82) is 0 Å². The minimum absolute atomic E-state index is 0.126. The molecule has 0 bridgehead atoms. The minimum atomic E-state index is -1.00. The fourth-order valence-corrected chi connectivity index (χ4v) is 2.98. The van der Waals surface area contributed by atoms with E-state index in [9.17, 15) is 14.7 Å². The summed E-state index contributed by atoms with van der Waals surface area (Å²) in [6.07, 6.45) is 2.88. The summed E-state index contributed by atoms with van der Waals surface area (Å²) in [5.74, 6) is -1.49. The molecule has 4 nitrogen and oxygen atoms in total. The Morgan fingerprint density at radius 1 is 1.05 bits per heavy atom. The van der Waals surface area contributed by atoms with E-state index in [-0.39, 0.29) is 22.7 Å². The van der Waals surface area contributed by atoms with Gasteiger partial charge in [-0.25, -0.2) is 4.79 Å². The maximum Gasteiger partial charge on any atom is 0.335 e. The Morgan fingerprint density at radius 3 is 2.27 bits per heavy atom. The number of hydrogen-bond donors (Lipinski definition) is 2. The van der Waals surface area contributed by atoms with Crippen molar-refractivity contribution in [2.75, 3.05) is 0 Å². The molecule has 2 aromatic carbocycles. The van der Waals surface area contributed by atoms with E-state index in [4.69, 9.17) is 5.11 Å². The molecule has 0 heterocycles. The number of carboxylic acid groups (broad SMARTS) is 1. The van der Waals surface area contributed by atoms with E-state index >= 15 is 0 Å². The molecular weight excluding hydrogens is 416 g/mol. The molecule has 112 valence electrons. The van der Waals surface area contributed by atoms with E-state index in [0.717, 1.165) is 0 Å². The summed E-state index contributed by atoms with van der Waals surface area (Å²) >= 11 is 6.43. The number of benzene rings is 2. The van der Waals surface area contributed by atoms with Crippen LogP contribution in [-0.4, -0.2) is 22.0 Å². The zero-order valence-electron chi connectivity index (χ0n) is 11.1. The number of halogens is 2. The molecule has 0 unspecified atom stereocenters. The first-order chi connectivity index (χ1) is 10.4. The summed E-state index contributed by atoms with van der Waals surface area (Å²) in [4.78, 5) is 22.9. The summed E-state index contributed by atoms with van der Waals surface area (Å²) in [5, 5.41) is 18.7. The average Bonchev–Trinajstić information content (AvgIpc) is 2.48. The summed E-state index contributed by atoms with van der Waals surface area (Å²) in [5.41, 5.74) is 1.03. The minimum Gasteiger partial charge on any atom is -0.506 e. The molecule has 0 saturated carbocycles. The molecule has 2 aromatic rings. The van der Waals surface area contributed by atoms with Crippen molar-refractivity contribution in [3.05, 3.63) is 68.1 Å². The Balaban J connectivity index is 2.23. The summed E-state index contributed by atoms with van der Waals surface area (Å²) in [6.45, 7) is 0. The van der Waals surface area contributed by atoms with Crippen molar-refractivity contribution in [2.24, 2.45) is 0 Å². The molecule has 0 aliphatic carbocycles. The largest absolute Gasteiger partial charge is 0.506 e. The van der Waals surface area contributed by atoms with Crippen LogP contribution in [0, 0.1) is 0 Å². The first-order valence-corrected chi connectivity index (χ1v) is 7.71. The third-order valence-electron chi connectivity index (χ3n) is 2.88. The molecule has 2 rings (SSSR count). The third-order valence-corrected chi connectivity index (χ3v) is 3.94. The second-order valence-electron chi connectivity index (χ2n) is 4.41. The van der Waals surface area contributed by atoms with Crippen LogP contribution < -0.4 is 0 Å². The third kappa shape index (κ3) is 3.84. The molecule has 0 fully saturated rings. The molecule has 0 radical (unpaired) electrons. The lowest BCUT2D eigenvalue weighted by molar-refractivity contribution is 0.0696. The van der Waals surface area contributed by atoms with Gasteiger partial charge in [-0.15, -0.1) is 0 Å². The number of aromatic hydroxyl groups is 1. The van der Waals surface area contributed by atoms with Crippen LogP contribution in [0.25, 0.3) is 6.08 Å². The number of phenolic OH excluding ortho intramolecular Hbond substituents is 1. The van der Waals surface area contributed by atoms with Crippen LogP contribution >= 0.6 is 31.9 Å². The van der Waals surface area contributed by atoms with Gasteiger partial charge in [-0.1, -0.05) is 34.1 Å². The fraction of sp³-hybridized carbons (Fsp3) is 0. The number of ketones is 1. The van der Waals surface area contributed by atoms with Crippen LogP contribution in [0.1, 0.15) is 26.3 Å². The molecule has 0 aliphatic rings. The van der Waals surface area contributed by atoms with Gasteiger partial charge in [-0.3, -0.25) is 4.79 Å². The summed E-state index contributed by atoms with van der Waals surface area (Å²) in [7, 11) is 0. The van der Waals surface area contributed by atoms with E-state index < -0.39 is 5.97 Å². The number of hydrogen-bond acceptors (Lipinski definition) is 3. The van der Waals surface area contributed by atoms with Crippen LogP contribution in [0.15, 0.2) is 51.4 Å². The average molecular weight is 426 g/mol. The summed E-state index contributed by atoms with van der Waals surface area (Å²) < 4.78 is 1.09. The Hall–Kier alpha value is -1.92. The van der Waals surface area contributed by atoms with Gasteiger partial charge in [0, 0.05) is 4.47 Å². The second-order valence-corrected chi connectivity index (χ2v) is 6.18. The van der Waals surface area contributed by atoms with Gasteiger partial charge in [0.1, 0.15) is 5.75 Å². The SMILES string of the molecule is O=C(O)c1ccc(/C=C/C(=O)c2cc(Br)cc(Br)c2O)cc1. The van der Waals surface area contributed by atoms with Gasteiger partial charge >= 0.3 is 5.97 Å². The fourth-order valence-electron chi connectivity index (χ4n) is 1.75. The van der Waals surface area contributed by atoms with Crippen molar-refractivity contribution < 1.29 is 19.8 Å². The number of allylic oxidation sites excluding steroid dienone is 1. The van der Waals surface area contributed by atoms with E-state index in [1.807, 2.05) is 0 Å². The molecule has 0 amide bonds. The quantitative estimate of drug-likeness (QED) is 0.558. The molecule has 6 heteroatoms. The van der Waals surface area contributed by atoms with Crippen molar-refractivity contribution in [1.82, 2.24) is 0 Å². The first kappa shape index (κ1) is 16.5. The van der Waals surface area contributed by atoms with Crippen LogP contribution in [0.5, 0.6) is 5.75 Å². The van der Waals surface area contributed by atoms with Gasteiger partial charge in [0.2, 0.25) is 0 Å². The Bertz CT molecular complexity index is 764. The second kappa shape index (κ2) is 6.89. The molecule has 0 saturated heterocycles. The number of carboxylic acids is 1. The van der Waals surface area contributed by atoms with E-state index in [0.29, 0.717) is 14.5 Å². The lowest BCUT2D eigenvalue weighted by Crippen LogP contribution is -1.96. The monoisotopic (exact) mass is 424 g/mol. The van der Waals surface area contributed by atoms with Crippen molar-refractivity contribution in [3.63, 3.8) is 0 Å². The van der Waals surface area contributed by atoms with Gasteiger partial charge in [0.15, 0.2) is 5.78 Å². The molecule has 0 aromatic heterocycles. The lowest BCUT2D eigenvalue weighted by atomic mass is 10.1. The zero-order valence-corrected chi connectivity index (χ0v) is 14.3. The Morgan fingerprint density at radius 2 is 1.68 bits per heavy atom. The van der Waals surface area contributed by atoms with Crippen molar-refractivity contribution in [3.8, 4) is 5.75 Å². The van der Waals surface area contributed by atoms with Crippen LogP contribution in [0.2, 0.25) is 0 Å².